The fourth-order valence-corrected chi connectivity index (χ4v) is 2.74. The molecule has 24 heavy (non-hydrogen) atoms. The molecule has 6 heteroatoms. The average Bonchev–Trinajstić information content (AvgIpc) is 2.94. The lowest BCUT2D eigenvalue weighted by Crippen LogP contribution is -2.23. The Morgan fingerprint density at radius 2 is 2.00 bits per heavy atom. The van der Waals surface area contributed by atoms with Gasteiger partial charge in [-0.1, -0.05) is 18.2 Å². The van der Waals surface area contributed by atoms with Crippen molar-refractivity contribution in [3.63, 3.8) is 0 Å². The van der Waals surface area contributed by atoms with Crippen LogP contribution in [0, 0.1) is 6.92 Å². The van der Waals surface area contributed by atoms with Crippen molar-refractivity contribution >= 4 is 5.65 Å². The monoisotopic (exact) mass is 326 g/mol. The number of benzene rings is 1. The van der Waals surface area contributed by atoms with Crippen LogP contribution in [0.3, 0.4) is 0 Å². The first kappa shape index (κ1) is 16.3. The first-order valence-corrected chi connectivity index (χ1v) is 7.97. The lowest BCUT2D eigenvalue weighted by atomic mass is 10.2. The number of rotatable bonds is 6. The van der Waals surface area contributed by atoms with Crippen LogP contribution in [-0.2, 0) is 13.0 Å². The molecule has 0 amide bonds. The predicted molar refractivity (Wildman–Crippen MR) is 93.6 cm³/mol. The molecule has 1 aromatic carbocycles. The maximum absolute atomic E-state index is 12.7. The van der Waals surface area contributed by atoms with Crippen molar-refractivity contribution in [1.29, 1.82) is 0 Å². The summed E-state index contributed by atoms with van der Waals surface area (Å²) in [4.78, 5) is 19.4. The van der Waals surface area contributed by atoms with Gasteiger partial charge in [0.1, 0.15) is 5.75 Å². The van der Waals surface area contributed by atoms with Crippen molar-refractivity contribution in [3.05, 3.63) is 63.7 Å². The zero-order valence-corrected chi connectivity index (χ0v) is 14.2. The van der Waals surface area contributed by atoms with Crippen LogP contribution in [0.25, 0.3) is 5.65 Å². The molecule has 126 valence electrons. The van der Waals surface area contributed by atoms with Crippen LogP contribution in [-0.4, -0.2) is 40.2 Å². The molecule has 0 radical (unpaired) electrons. The number of aromatic nitrogens is 3. The van der Waals surface area contributed by atoms with Gasteiger partial charge in [-0.25, -0.2) is 9.50 Å². The van der Waals surface area contributed by atoms with Gasteiger partial charge in [0, 0.05) is 36.0 Å². The first-order chi connectivity index (χ1) is 11.6. The van der Waals surface area contributed by atoms with Gasteiger partial charge in [0.2, 0.25) is 0 Å². The average molecular weight is 326 g/mol. The Morgan fingerprint density at radius 1 is 1.25 bits per heavy atom. The van der Waals surface area contributed by atoms with E-state index in [1.165, 1.54) is 4.52 Å². The van der Waals surface area contributed by atoms with Crippen molar-refractivity contribution in [3.8, 4) is 5.75 Å². The van der Waals surface area contributed by atoms with E-state index in [4.69, 9.17) is 4.74 Å². The molecule has 0 unspecified atom stereocenters. The zero-order chi connectivity index (χ0) is 17.1. The maximum atomic E-state index is 12.7. The Kier molecular flexibility index (Phi) is 4.66. The van der Waals surface area contributed by atoms with Crippen molar-refractivity contribution in [1.82, 2.24) is 19.5 Å². The minimum absolute atomic E-state index is 0.0563. The van der Waals surface area contributed by atoms with E-state index in [0.29, 0.717) is 24.2 Å². The molecule has 3 aromatic rings. The van der Waals surface area contributed by atoms with Crippen LogP contribution >= 0.6 is 0 Å². The quantitative estimate of drug-likeness (QED) is 0.753. The second kappa shape index (κ2) is 6.88. The van der Waals surface area contributed by atoms with Crippen LogP contribution in [0.4, 0.5) is 0 Å². The van der Waals surface area contributed by atoms with Crippen molar-refractivity contribution in [2.45, 2.75) is 19.9 Å². The van der Waals surface area contributed by atoms with Crippen LogP contribution in [0.5, 0.6) is 5.75 Å². The highest BCUT2D eigenvalue weighted by molar-refractivity contribution is 5.47. The summed E-state index contributed by atoms with van der Waals surface area (Å²) in [5.74, 6) is 0.803. The van der Waals surface area contributed by atoms with Gasteiger partial charge in [-0.2, -0.15) is 0 Å². The largest absolute Gasteiger partial charge is 0.493 e. The summed E-state index contributed by atoms with van der Waals surface area (Å²) in [6, 6.07) is 9.60. The third kappa shape index (κ3) is 3.33. The van der Waals surface area contributed by atoms with E-state index in [0.717, 1.165) is 23.6 Å². The lowest BCUT2D eigenvalue weighted by molar-refractivity contribution is 0.321. The normalized spacial score (nSPS) is 11.3. The molecular formula is C18H22N4O2. The Balaban J connectivity index is 1.82. The smallest absolute Gasteiger partial charge is 0.276 e. The summed E-state index contributed by atoms with van der Waals surface area (Å²) < 4.78 is 7.21. The minimum Gasteiger partial charge on any atom is -0.493 e. The van der Waals surface area contributed by atoms with Crippen LogP contribution in [0.15, 0.2) is 41.3 Å². The van der Waals surface area contributed by atoms with E-state index in [9.17, 15) is 4.79 Å². The molecule has 0 aliphatic rings. The van der Waals surface area contributed by atoms with Gasteiger partial charge < -0.3 is 9.64 Å². The standard InChI is InChI=1S/C18H22N4O2/c1-13-16(9-10-24-15-7-5-4-6-8-15)18(23)22-17(20-13)14(11-19-22)12-21(2)3/h4-8,11,19H,9-10,12H2,1-3H3. The minimum atomic E-state index is -0.0563. The highest BCUT2D eigenvalue weighted by Gasteiger charge is 2.14. The van der Waals surface area contributed by atoms with E-state index in [2.05, 4.69) is 10.1 Å². The van der Waals surface area contributed by atoms with Gasteiger partial charge in [-0.05, 0) is 33.2 Å². The molecule has 0 spiro atoms. The number of fused-ring (bicyclic) bond motifs is 1. The summed E-state index contributed by atoms with van der Waals surface area (Å²) in [5, 5.41) is 3.01. The summed E-state index contributed by atoms with van der Waals surface area (Å²) in [5.41, 5.74) is 3.09. The molecule has 0 fully saturated rings. The first-order valence-electron chi connectivity index (χ1n) is 7.97. The predicted octanol–water partition coefficient (Wildman–Crippen LogP) is 2.01. The van der Waals surface area contributed by atoms with Crippen LogP contribution in [0.2, 0.25) is 0 Å². The number of nitrogens with one attached hydrogen (secondary N) is 1. The Morgan fingerprint density at radius 3 is 2.71 bits per heavy atom. The number of aryl methyl sites for hydroxylation is 1. The number of H-pyrrole nitrogens is 1. The highest BCUT2D eigenvalue weighted by atomic mass is 16.5. The highest BCUT2D eigenvalue weighted by Crippen LogP contribution is 2.12. The lowest BCUT2D eigenvalue weighted by Gasteiger charge is -2.09. The second-order valence-corrected chi connectivity index (χ2v) is 6.09. The number of aromatic amines is 1. The summed E-state index contributed by atoms with van der Waals surface area (Å²) in [6.45, 7) is 3.06. The van der Waals surface area contributed by atoms with Gasteiger partial charge >= 0.3 is 0 Å². The van der Waals surface area contributed by atoms with E-state index in [1.54, 1.807) is 0 Å². The third-order valence-corrected chi connectivity index (χ3v) is 3.89. The molecule has 0 atom stereocenters. The summed E-state index contributed by atoms with van der Waals surface area (Å²) >= 11 is 0. The second-order valence-electron chi connectivity index (χ2n) is 6.09. The Bertz CT molecular complexity index is 881. The van der Waals surface area contributed by atoms with E-state index in [-0.39, 0.29) is 5.56 Å². The molecule has 0 bridgehead atoms. The van der Waals surface area contributed by atoms with Gasteiger partial charge in [0.25, 0.3) is 5.56 Å². The molecule has 0 saturated heterocycles. The third-order valence-electron chi connectivity index (χ3n) is 3.89. The van der Waals surface area contributed by atoms with E-state index in [1.807, 2.05) is 62.4 Å². The topological polar surface area (TPSA) is 62.6 Å². The van der Waals surface area contributed by atoms with Crippen LogP contribution < -0.4 is 10.3 Å². The Hall–Kier alpha value is -2.60. The van der Waals surface area contributed by atoms with Gasteiger partial charge in [-0.15, -0.1) is 0 Å². The number of hydrogen-bond acceptors (Lipinski definition) is 4. The van der Waals surface area contributed by atoms with E-state index < -0.39 is 0 Å². The molecule has 6 nitrogen and oxygen atoms in total. The molecule has 3 rings (SSSR count). The molecule has 1 N–H and O–H groups in total. The van der Waals surface area contributed by atoms with Gasteiger partial charge in [0.05, 0.1) is 6.61 Å². The number of para-hydroxylation sites is 1. The molecular weight excluding hydrogens is 304 g/mol. The van der Waals surface area contributed by atoms with Gasteiger partial charge in [0.15, 0.2) is 5.65 Å². The molecule has 2 heterocycles. The molecule has 0 aliphatic heterocycles. The van der Waals surface area contributed by atoms with Crippen molar-refractivity contribution in [2.24, 2.45) is 0 Å². The zero-order valence-electron chi connectivity index (χ0n) is 14.2. The Labute approximate surface area is 140 Å². The van der Waals surface area contributed by atoms with Crippen molar-refractivity contribution in [2.75, 3.05) is 20.7 Å². The SMILES string of the molecule is Cc1nc2c(CN(C)C)c[nH]n2c(=O)c1CCOc1ccccc1. The molecule has 0 saturated carbocycles. The number of hydrogen-bond donors (Lipinski definition) is 1. The fraction of sp³-hybridized carbons (Fsp3) is 0.333. The van der Waals surface area contributed by atoms with Gasteiger partial charge in [-0.3, -0.25) is 9.89 Å². The summed E-state index contributed by atoms with van der Waals surface area (Å²) in [7, 11) is 3.98. The fourth-order valence-electron chi connectivity index (χ4n) is 2.74. The molecule has 0 aliphatic carbocycles. The summed E-state index contributed by atoms with van der Waals surface area (Å²) in [6.07, 6.45) is 2.37. The number of ether oxygens (including phenoxy) is 1. The maximum Gasteiger partial charge on any atom is 0.276 e. The van der Waals surface area contributed by atoms with Crippen molar-refractivity contribution < 1.29 is 4.74 Å². The molecule has 2 aromatic heterocycles. The van der Waals surface area contributed by atoms with Crippen LogP contribution in [0.1, 0.15) is 16.8 Å². The van der Waals surface area contributed by atoms with E-state index >= 15 is 0 Å². The number of nitrogens with zero attached hydrogens (tertiary/aromatic N) is 3.